The first-order valence-corrected chi connectivity index (χ1v) is 18.4. The summed E-state index contributed by atoms with van der Waals surface area (Å²) in [5.41, 5.74) is 5.54. The van der Waals surface area contributed by atoms with Gasteiger partial charge < -0.3 is 0 Å². The zero-order valence-electron chi connectivity index (χ0n) is 23.9. The molecule has 0 aliphatic carbocycles. The van der Waals surface area contributed by atoms with E-state index < -0.39 is 34.6 Å². The molecule has 0 saturated carbocycles. The predicted octanol–water partition coefficient (Wildman–Crippen LogP) is -0.141. The molecule has 44 heavy (non-hydrogen) atoms. The Morgan fingerprint density at radius 3 is 1.80 bits per heavy atom. The van der Waals surface area contributed by atoms with Crippen LogP contribution in [0.3, 0.4) is 0 Å². The smallest absolute Gasteiger partial charge is 0.253 e. The van der Waals surface area contributed by atoms with Gasteiger partial charge in [0.15, 0.2) is 11.4 Å². The van der Waals surface area contributed by atoms with E-state index in [0.29, 0.717) is 11.3 Å². The molecule has 17 heteroatoms. The van der Waals surface area contributed by atoms with Gasteiger partial charge in [0.2, 0.25) is 15.2 Å². The number of sulfonamides is 2. The number of nitrogens with two attached hydrogens (primary N) is 1. The Balaban J connectivity index is 0.000000978. The van der Waals surface area contributed by atoms with Crippen LogP contribution < -0.4 is 33.1 Å². The lowest BCUT2D eigenvalue weighted by Crippen LogP contribution is -2.68. The highest BCUT2D eigenvalue weighted by molar-refractivity contribution is 7.93. The highest BCUT2D eigenvalue weighted by atomic mass is 35.7. The summed E-state index contributed by atoms with van der Waals surface area (Å²) in [4.78, 5) is 0.0188. The fourth-order valence-corrected chi connectivity index (χ4v) is 6.80. The molecule has 13 nitrogen and oxygen atoms in total. The average molecular weight is 686 g/mol. The van der Waals surface area contributed by atoms with Crippen LogP contribution in [0.25, 0.3) is 16.8 Å². The molecule has 0 bridgehead atoms. The van der Waals surface area contributed by atoms with Crippen LogP contribution in [0.5, 0.6) is 0 Å². The molecule has 2 aromatic carbocycles. The van der Waals surface area contributed by atoms with E-state index in [4.69, 9.17) is 23.8 Å². The van der Waals surface area contributed by atoms with E-state index in [9.17, 15) is 16.8 Å². The Kier molecular flexibility index (Phi) is 12.3. The standard InChI is InChI=1S/C27H32N5O4S3.ClHO4/c1-3-5-12-23-18-21(20-10-8-7-9-11-20)19-24(13-6-4-2)32(23)22-14-16-25(17-15-22)39(35,36)31-26-29-30-27(37-26)38(28,33)34;2-1(3,4)5/h7-11,14-19H,3-6,12-13H2,1-2H3,(H,29,31)(H2,28,33,34);(H,2,3,4,5)/q+1;/p-1. The number of hydrogen-bond donors (Lipinski definition) is 2. The Morgan fingerprint density at radius 1 is 0.818 bits per heavy atom. The lowest BCUT2D eigenvalue weighted by Gasteiger charge is -2.17. The lowest BCUT2D eigenvalue weighted by atomic mass is 10.00. The molecule has 0 fully saturated rings. The number of nitrogens with zero attached hydrogens (tertiary/aromatic N) is 3. The van der Waals surface area contributed by atoms with Gasteiger partial charge in [0, 0.05) is 37.1 Å². The van der Waals surface area contributed by atoms with Gasteiger partial charge >= 0.3 is 0 Å². The zero-order chi connectivity index (χ0) is 32.5. The molecular formula is C27H32ClN5O8S3. The monoisotopic (exact) mass is 685 g/mol. The SMILES string of the molecule is CCCCc1cc(-c2ccccc2)cc(CCCC)[n+]1-c1ccc(S(=O)(=O)Nc2nnc(S(N)(=O)=O)s2)cc1.[O-][Cl+3]([O-])([O-])[O-]. The fraction of sp³-hybridized carbons (Fsp3) is 0.296. The van der Waals surface area contributed by atoms with E-state index in [1.807, 2.05) is 18.2 Å². The predicted molar refractivity (Wildman–Crippen MR) is 153 cm³/mol. The van der Waals surface area contributed by atoms with Gasteiger partial charge in [-0.05, 0) is 36.1 Å². The lowest BCUT2D eigenvalue weighted by molar-refractivity contribution is -2.00. The summed E-state index contributed by atoms with van der Waals surface area (Å²) in [6.07, 6.45) is 5.96. The van der Waals surface area contributed by atoms with E-state index in [1.54, 1.807) is 12.1 Å². The minimum absolute atomic E-state index is 0.0188. The number of primary sulfonamides is 1. The molecule has 0 aliphatic heterocycles. The van der Waals surface area contributed by atoms with Crippen molar-refractivity contribution >= 4 is 36.5 Å². The van der Waals surface area contributed by atoms with Crippen molar-refractivity contribution in [1.82, 2.24) is 10.2 Å². The summed E-state index contributed by atoms with van der Waals surface area (Å²) in [6.45, 7) is 4.33. The van der Waals surface area contributed by atoms with Crippen LogP contribution in [-0.4, -0.2) is 27.0 Å². The Bertz CT molecular complexity index is 1710. The maximum Gasteiger partial charge on any atom is 0.267 e. The number of nitrogens with one attached hydrogen (secondary N) is 1. The van der Waals surface area contributed by atoms with Crippen LogP contribution in [0, 0.1) is 10.2 Å². The van der Waals surface area contributed by atoms with Crippen molar-refractivity contribution in [2.24, 2.45) is 5.14 Å². The number of pyridine rings is 1. The van der Waals surface area contributed by atoms with Crippen molar-refractivity contribution in [1.29, 1.82) is 0 Å². The number of aryl methyl sites for hydroxylation is 2. The number of hydrogen-bond acceptors (Lipinski definition) is 11. The molecule has 0 spiro atoms. The van der Waals surface area contributed by atoms with Gasteiger partial charge in [0.25, 0.3) is 20.0 Å². The first-order chi connectivity index (χ1) is 20.6. The Hall–Kier alpha value is -3.06. The van der Waals surface area contributed by atoms with E-state index in [1.165, 1.54) is 29.1 Å². The number of rotatable bonds is 12. The van der Waals surface area contributed by atoms with Crippen LogP contribution in [0.2, 0.25) is 0 Å². The highest BCUT2D eigenvalue weighted by Crippen LogP contribution is 2.25. The summed E-state index contributed by atoms with van der Waals surface area (Å²) in [7, 11) is -13.0. The van der Waals surface area contributed by atoms with Gasteiger partial charge in [-0.1, -0.05) is 68.4 Å². The normalized spacial score (nSPS) is 12.0. The van der Waals surface area contributed by atoms with E-state index >= 15 is 0 Å². The van der Waals surface area contributed by atoms with Crippen molar-refractivity contribution in [2.45, 2.75) is 61.6 Å². The third-order valence-electron chi connectivity index (χ3n) is 6.18. The molecule has 0 saturated heterocycles. The third-order valence-corrected chi connectivity index (χ3v) is 9.81. The quantitative estimate of drug-likeness (QED) is 0.188. The number of benzene rings is 2. The van der Waals surface area contributed by atoms with Gasteiger partial charge in [-0.25, -0.2) is 40.6 Å². The minimum atomic E-state index is -4.94. The minimum Gasteiger partial charge on any atom is -0.253 e. The first kappa shape index (κ1) is 35.4. The number of anilines is 1. The molecule has 2 aromatic heterocycles. The maximum absolute atomic E-state index is 13.0. The van der Waals surface area contributed by atoms with Crippen molar-refractivity contribution in [3.05, 3.63) is 78.1 Å². The van der Waals surface area contributed by atoms with Crippen molar-refractivity contribution < 1.29 is 50.3 Å². The number of halogens is 1. The molecule has 238 valence electrons. The Labute approximate surface area is 262 Å². The van der Waals surface area contributed by atoms with Crippen LogP contribution in [-0.2, 0) is 32.9 Å². The molecule has 0 aliphatic rings. The van der Waals surface area contributed by atoms with Gasteiger partial charge in [-0.3, -0.25) is 4.72 Å². The van der Waals surface area contributed by atoms with Crippen LogP contribution in [0.1, 0.15) is 50.9 Å². The second kappa shape index (κ2) is 15.3. The van der Waals surface area contributed by atoms with Crippen molar-refractivity contribution in [3.8, 4) is 16.8 Å². The van der Waals surface area contributed by atoms with E-state index in [2.05, 4.69) is 57.6 Å². The molecule has 4 aromatic rings. The summed E-state index contributed by atoms with van der Waals surface area (Å²) < 4.78 is 86.9. The van der Waals surface area contributed by atoms with Crippen LogP contribution >= 0.6 is 11.3 Å². The summed E-state index contributed by atoms with van der Waals surface area (Å²) in [5, 5.41) is 11.9. The molecule has 4 rings (SSSR count). The van der Waals surface area contributed by atoms with Gasteiger partial charge in [0.1, 0.15) is 0 Å². The zero-order valence-corrected chi connectivity index (χ0v) is 27.1. The first-order valence-electron chi connectivity index (χ1n) is 13.4. The van der Waals surface area contributed by atoms with Crippen LogP contribution in [0.4, 0.5) is 5.13 Å². The van der Waals surface area contributed by atoms with Gasteiger partial charge in [-0.15, -0.1) is 20.4 Å². The topological polar surface area (TPSA) is 228 Å². The molecule has 0 atom stereocenters. The molecular weight excluding hydrogens is 654 g/mol. The van der Waals surface area contributed by atoms with Crippen molar-refractivity contribution in [3.63, 3.8) is 0 Å². The maximum atomic E-state index is 13.0. The highest BCUT2D eigenvalue weighted by Gasteiger charge is 2.24. The van der Waals surface area contributed by atoms with E-state index in [0.717, 1.165) is 49.8 Å². The Morgan fingerprint density at radius 2 is 1.34 bits per heavy atom. The largest absolute Gasteiger partial charge is 0.267 e. The van der Waals surface area contributed by atoms with E-state index in [-0.39, 0.29) is 10.0 Å². The van der Waals surface area contributed by atoms with Gasteiger partial charge in [0.05, 0.1) is 4.90 Å². The molecule has 0 unspecified atom stereocenters. The second-order valence-electron chi connectivity index (χ2n) is 9.53. The number of unbranched alkanes of at least 4 members (excludes halogenated alkanes) is 2. The molecule has 0 amide bonds. The van der Waals surface area contributed by atoms with Crippen LogP contribution in [0.15, 0.2) is 76.0 Å². The fourth-order valence-electron chi connectivity index (χ4n) is 4.24. The third kappa shape index (κ3) is 10.5. The summed E-state index contributed by atoms with van der Waals surface area (Å²) in [5.74, 6) is 0. The van der Waals surface area contributed by atoms with Crippen molar-refractivity contribution in [2.75, 3.05) is 4.72 Å². The molecule has 3 N–H and O–H groups in total. The molecule has 2 heterocycles. The number of aromatic nitrogens is 3. The second-order valence-corrected chi connectivity index (χ2v) is 14.7. The van der Waals surface area contributed by atoms with Gasteiger partial charge in [-0.2, -0.15) is 4.57 Å². The summed E-state index contributed by atoms with van der Waals surface area (Å²) >= 11 is 0.550. The average Bonchev–Trinajstić information content (AvgIpc) is 3.43. The summed E-state index contributed by atoms with van der Waals surface area (Å²) in [6, 6.07) is 21.4. The molecule has 0 radical (unpaired) electrons.